The monoisotopic (exact) mass is 431 g/mol. The van der Waals surface area contributed by atoms with Gasteiger partial charge in [-0.3, -0.25) is 4.57 Å². The van der Waals surface area contributed by atoms with Crippen LogP contribution >= 0.6 is 0 Å². The highest BCUT2D eigenvalue weighted by atomic mass is 16.2. The smallest absolute Gasteiger partial charge is 0.274 e. The number of hydrogen-bond donors (Lipinski definition) is 1. The molecule has 8 heteroatoms. The number of hydrogen-bond acceptors (Lipinski definition) is 5. The van der Waals surface area contributed by atoms with E-state index in [1.54, 1.807) is 9.25 Å². The summed E-state index contributed by atoms with van der Waals surface area (Å²) in [4.78, 5) is 13.1. The zero-order chi connectivity index (χ0) is 22.7. The van der Waals surface area contributed by atoms with E-state index in [0.29, 0.717) is 18.9 Å². The van der Waals surface area contributed by atoms with Crippen molar-refractivity contribution in [2.24, 2.45) is 0 Å². The predicted molar refractivity (Wildman–Crippen MR) is 124 cm³/mol. The van der Waals surface area contributed by atoms with Crippen molar-refractivity contribution in [2.45, 2.75) is 59.0 Å². The largest absolute Gasteiger partial charge is 0.346 e. The van der Waals surface area contributed by atoms with Crippen LogP contribution in [0.15, 0.2) is 53.3 Å². The van der Waals surface area contributed by atoms with Gasteiger partial charge in [0.2, 0.25) is 5.82 Å². The summed E-state index contributed by atoms with van der Waals surface area (Å²) in [7, 11) is 0. The maximum Gasteiger partial charge on any atom is 0.346 e. The van der Waals surface area contributed by atoms with E-state index in [1.807, 2.05) is 24.3 Å². The quantitative estimate of drug-likeness (QED) is 0.477. The van der Waals surface area contributed by atoms with E-state index < -0.39 is 0 Å². The topological polar surface area (TPSA) is 94.3 Å². The Hall–Kier alpha value is -3.55. The Balaban J connectivity index is 1.65. The third-order valence-corrected chi connectivity index (χ3v) is 5.44. The van der Waals surface area contributed by atoms with Gasteiger partial charge in [-0.2, -0.15) is 10.3 Å². The number of nitrogens with one attached hydrogen (secondary N) is 1. The summed E-state index contributed by atoms with van der Waals surface area (Å²) in [6, 6.07) is 16.2. The fourth-order valence-electron chi connectivity index (χ4n) is 3.77. The van der Waals surface area contributed by atoms with Crippen molar-refractivity contribution in [3.8, 4) is 22.5 Å². The normalized spacial score (nSPS) is 11.8. The van der Waals surface area contributed by atoms with Gasteiger partial charge in [0.05, 0.1) is 6.54 Å². The van der Waals surface area contributed by atoms with Gasteiger partial charge in [-0.15, -0.1) is 10.2 Å². The average molecular weight is 432 g/mol. The van der Waals surface area contributed by atoms with Gasteiger partial charge >= 0.3 is 5.69 Å². The second kappa shape index (κ2) is 8.90. The predicted octanol–water partition coefficient (Wildman–Crippen LogP) is 4.04. The number of benzene rings is 2. The number of aryl methyl sites for hydroxylation is 1. The van der Waals surface area contributed by atoms with E-state index in [1.165, 1.54) is 0 Å². The Morgan fingerprint density at radius 3 is 2.34 bits per heavy atom. The SMILES string of the molecule is CCCCn1nc(C(C)(C)C)n(Cc2ccc(-c3ccccc3-c3nn[nH]n3)cc2)c1=O. The van der Waals surface area contributed by atoms with Crippen LogP contribution in [-0.2, 0) is 18.5 Å². The van der Waals surface area contributed by atoms with Gasteiger partial charge < -0.3 is 0 Å². The van der Waals surface area contributed by atoms with Crippen LogP contribution < -0.4 is 5.69 Å². The molecule has 1 N–H and O–H groups in total. The summed E-state index contributed by atoms with van der Waals surface area (Å²) in [5, 5.41) is 19.1. The molecule has 0 bridgehead atoms. The van der Waals surface area contributed by atoms with Gasteiger partial charge in [0.15, 0.2) is 0 Å². The summed E-state index contributed by atoms with van der Waals surface area (Å²) in [5.41, 5.74) is 3.78. The van der Waals surface area contributed by atoms with Crippen LogP contribution in [0, 0.1) is 0 Å². The zero-order valence-electron chi connectivity index (χ0n) is 19.0. The van der Waals surface area contributed by atoms with Crippen LogP contribution in [0.5, 0.6) is 0 Å². The molecule has 2 aromatic heterocycles. The van der Waals surface area contributed by atoms with E-state index in [0.717, 1.165) is 40.9 Å². The standard InChI is InChI=1S/C24H29N7O/c1-5-6-15-31-23(32)30(22(27-31)24(2,3)4)16-17-11-13-18(14-12-17)19-9-7-8-10-20(19)21-25-28-29-26-21/h7-14H,5-6,15-16H2,1-4H3,(H,25,26,28,29). The third-order valence-electron chi connectivity index (χ3n) is 5.44. The van der Waals surface area contributed by atoms with Crippen LogP contribution in [0.4, 0.5) is 0 Å². The minimum absolute atomic E-state index is 0.0464. The molecular formula is C24H29N7O. The summed E-state index contributed by atoms with van der Waals surface area (Å²) >= 11 is 0. The van der Waals surface area contributed by atoms with Crippen LogP contribution in [0.1, 0.15) is 51.9 Å². The Morgan fingerprint density at radius 1 is 1.00 bits per heavy atom. The van der Waals surface area contributed by atoms with Crippen molar-refractivity contribution in [3.05, 3.63) is 70.4 Å². The fraction of sp³-hybridized carbons (Fsp3) is 0.375. The van der Waals surface area contributed by atoms with Crippen molar-refractivity contribution >= 4 is 0 Å². The molecule has 0 atom stereocenters. The highest BCUT2D eigenvalue weighted by Gasteiger charge is 2.24. The van der Waals surface area contributed by atoms with Crippen LogP contribution in [0.2, 0.25) is 0 Å². The Morgan fingerprint density at radius 2 is 1.72 bits per heavy atom. The zero-order valence-corrected chi connectivity index (χ0v) is 19.0. The maximum atomic E-state index is 13.1. The molecule has 2 heterocycles. The number of aromatic amines is 1. The molecule has 0 aliphatic rings. The molecule has 0 saturated heterocycles. The molecule has 4 rings (SSSR count). The number of aromatic nitrogens is 7. The van der Waals surface area contributed by atoms with Gasteiger partial charge in [0, 0.05) is 17.5 Å². The first kappa shape index (κ1) is 21.7. The average Bonchev–Trinajstić information content (AvgIpc) is 3.42. The Kier molecular flexibility index (Phi) is 6.03. The molecular weight excluding hydrogens is 402 g/mol. The van der Waals surface area contributed by atoms with Crippen LogP contribution in [0.25, 0.3) is 22.5 Å². The van der Waals surface area contributed by atoms with Crippen molar-refractivity contribution in [2.75, 3.05) is 0 Å². The van der Waals surface area contributed by atoms with E-state index in [2.05, 4.69) is 77.7 Å². The summed E-state index contributed by atoms with van der Waals surface area (Å²) < 4.78 is 3.41. The molecule has 2 aromatic carbocycles. The van der Waals surface area contributed by atoms with E-state index in [4.69, 9.17) is 0 Å². The molecule has 0 unspecified atom stereocenters. The Bertz CT molecular complexity index is 1230. The van der Waals surface area contributed by atoms with Gasteiger partial charge in [-0.25, -0.2) is 9.48 Å². The lowest BCUT2D eigenvalue weighted by Gasteiger charge is -2.18. The van der Waals surface area contributed by atoms with Crippen LogP contribution in [-0.4, -0.2) is 35.0 Å². The van der Waals surface area contributed by atoms with Crippen LogP contribution in [0.3, 0.4) is 0 Å². The fourth-order valence-corrected chi connectivity index (χ4v) is 3.77. The molecule has 166 valence electrons. The number of nitrogens with zero attached hydrogens (tertiary/aromatic N) is 6. The van der Waals surface area contributed by atoms with Gasteiger partial charge in [0.25, 0.3) is 0 Å². The first-order valence-electron chi connectivity index (χ1n) is 11.0. The van der Waals surface area contributed by atoms with Crippen molar-refractivity contribution in [1.82, 2.24) is 35.0 Å². The van der Waals surface area contributed by atoms with Gasteiger partial charge in [-0.1, -0.05) is 82.6 Å². The highest BCUT2D eigenvalue weighted by Crippen LogP contribution is 2.30. The second-order valence-electron chi connectivity index (χ2n) is 9.00. The molecule has 0 fully saturated rings. The summed E-state index contributed by atoms with van der Waals surface area (Å²) in [5.74, 6) is 1.37. The van der Waals surface area contributed by atoms with Crippen molar-refractivity contribution < 1.29 is 0 Å². The molecule has 0 saturated carbocycles. The molecule has 0 amide bonds. The van der Waals surface area contributed by atoms with Crippen molar-refractivity contribution in [3.63, 3.8) is 0 Å². The van der Waals surface area contributed by atoms with Gasteiger partial charge in [0.1, 0.15) is 5.82 Å². The number of H-pyrrole nitrogens is 1. The minimum Gasteiger partial charge on any atom is -0.274 e. The lowest BCUT2D eigenvalue weighted by atomic mass is 9.95. The van der Waals surface area contributed by atoms with Crippen molar-refractivity contribution in [1.29, 1.82) is 0 Å². The number of unbranched alkanes of at least 4 members (excludes halogenated alkanes) is 1. The lowest BCUT2D eigenvalue weighted by molar-refractivity contribution is 0.497. The van der Waals surface area contributed by atoms with E-state index >= 15 is 0 Å². The first-order valence-corrected chi connectivity index (χ1v) is 11.0. The lowest BCUT2D eigenvalue weighted by Crippen LogP contribution is -2.28. The number of tetrazole rings is 1. The summed E-state index contributed by atoms with van der Waals surface area (Å²) in [6.07, 6.45) is 1.96. The minimum atomic E-state index is -0.222. The second-order valence-corrected chi connectivity index (χ2v) is 9.00. The number of rotatable bonds is 7. The third kappa shape index (κ3) is 4.39. The van der Waals surface area contributed by atoms with Gasteiger partial charge in [-0.05, 0) is 28.3 Å². The van der Waals surface area contributed by atoms with E-state index in [-0.39, 0.29) is 11.1 Å². The molecule has 0 aliphatic carbocycles. The molecule has 32 heavy (non-hydrogen) atoms. The molecule has 0 radical (unpaired) electrons. The highest BCUT2D eigenvalue weighted by molar-refractivity contribution is 5.80. The molecule has 0 aliphatic heterocycles. The molecule has 0 spiro atoms. The Labute approximate surface area is 187 Å². The van der Waals surface area contributed by atoms with E-state index in [9.17, 15) is 4.79 Å². The molecule has 4 aromatic rings. The first-order chi connectivity index (χ1) is 15.4. The summed E-state index contributed by atoms with van der Waals surface area (Å²) in [6.45, 7) is 9.53. The molecule has 8 nitrogen and oxygen atoms in total. The maximum absolute atomic E-state index is 13.1.